The second kappa shape index (κ2) is 13.4. The SMILES string of the molecule is c1ccc(-c2ccccc2N(c2ccc(-c3ccc4c(c3)C35c6ccccc6-c6cccc(c63)-c3cccc-4c35)cc2)c2ccc3c(c2)C2(c4ccccc4-c4ccccc42)c2ccccc2-3)cc1. The van der Waals surface area contributed by atoms with E-state index in [0.29, 0.717) is 0 Å². The van der Waals surface area contributed by atoms with Crippen LogP contribution in [0.15, 0.2) is 249 Å². The van der Waals surface area contributed by atoms with Crippen molar-refractivity contribution in [2.75, 3.05) is 4.90 Å². The molecular weight excluding hydrogens is 831 g/mol. The molecule has 0 heterocycles. The van der Waals surface area contributed by atoms with Crippen molar-refractivity contribution in [1.82, 2.24) is 0 Å². The highest BCUT2D eigenvalue weighted by atomic mass is 15.1. The van der Waals surface area contributed by atoms with Crippen LogP contribution in [0.5, 0.6) is 0 Å². The number of rotatable bonds is 5. The maximum atomic E-state index is 2.51. The Morgan fingerprint density at radius 3 is 1.20 bits per heavy atom. The van der Waals surface area contributed by atoms with Gasteiger partial charge in [0.25, 0.3) is 0 Å². The fraction of sp³-hybridized carbons (Fsp3) is 0.0294. The van der Waals surface area contributed by atoms with Crippen LogP contribution in [0.3, 0.4) is 0 Å². The summed E-state index contributed by atoms with van der Waals surface area (Å²) in [4.78, 5) is 2.49. The summed E-state index contributed by atoms with van der Waals surface area (Å²) in [6.07, 6.45) is 0. The summed E-state index contributed by atoms with van der Waals surface area (Å²) in [5, 5.41) is 0. The minimum Gasteiger partial charge on any atom is -0.310 e. The number of benzene rings is 11. The molecule has 16 rings (SSSR count). The van der Waals surface area contributed by atoms with Crippen LogP contribution < -0.4 is 4.90 Å². The van der Waals surface area contributed by atoms with E-state index in [-0.39, 0.29) is 5.41 Å². The first-order chi connectivity index (χ1) is 34.2. The van der Waals surface area contributed by atoms with Crippen LogP contribution in [0.4, 0.5) is 17.1 Å². The van der Waals surface area contributed by atoms with E-state index < -0.39 is 5.41 Å². The quantitative estimate of drug-likeness (QED) is 0.167. The van der Waals surface area contributed by atoms with Gasteiger partial charge in [-0.15, -0.1) is 0 Å². The van der Waals surface area contributed by atoms with Crippen molar-refractivity contribution in [1.29, 1.82) is 0 Å². The van der Waals surface area contributed by atoms with E-state index in [4.69, 9.17) is 0 Å². The van der Waals surface area contributed by atoms with Crippen LogP contribution in [-0.2, 0) is 10.8 Å². The monoisotopic (exact) mass is 871 g/mol. The Labute approximate surface area is 401 Å². The van der Waals surface area contributed by atoms with Crippen molar-refractivity contribution >= 4 is 17.1 Å². The number of nitrogens with zero attached hydrogens (tertiary/aromatic N) is 1. The normalized spacial score (nSPS) is 15.7. The standard InChI is InChI=1S/C68H41N/c1-2-16-43(17-3-1)47-18-8-13-31-64(47)69(46-37-39-52-50-21-6-11-29-60(50)67(63(52)41-46)58-27-9-4-19-48(58)49-20-5-10-28-59(49)67)45-35-32-42(33-36-45)44-34-38-53-55-24-15-26-57-56-25-14-23-54-51-22-7-12-30-61(51)68(65(54)56,66(55)57)62(53)40-44/h1-41H. The highest BCUT2D eigenvalue weighted by Crippen LogP contribution is 2.70. The molecule has 0 radical (unpaired) electrons. The zero-order valence-corrected chi connectivity index (χ0v) is 37.6. The molecule has 0 amide bonds. The van der Waals surface area contributed by atoms with Crippen molar-refractivity contribution in [2.24, 2.45) is 0 Å². The lowest BCUT2D eigenvalue weighted by Crippen LogP contribution is -2.26. The predicted octanol–water partition coefficient (Wildman–Crippen LogP) is 17.2. The minimum atomic E-state index is -0.447. The van der Waals surface area contributed by atoms with Gasteiger partial charge in [-0.05, 0) is 153 Å². The summed E-state index contributed by atoms with van der Waals surface area (Å²) in [5.41, 5.74) is 31.9. The minimum absolute atomic E-state index is 0.317. The van der Waals surface area contributed by atoms with Crippen molar-refractivity contribution in [2.45, 2.75) is 10.8 Å². The Hall–Kier alpha value is -8.78. The lowest BCUT2D eigenvalue weighted by Gasteiger charge is -2.32. The average Bonchev–Trinajstić information content (AvgIpc) is 4.18. The predicted molar refractivity (Wildman–Crippen MR) is 284 cm³/mol. The van der Waals surface area contributed by atoms with Gasteiger partial charge in [0.2, 0.25) is 0 Å². The van der Waals surface area contributed by atoms with E-state index in [1.54, 1.807) is 0 Å². The molecule has 0 saturated carbocycles. The lowest BCUT2D eigenvalue weighted by atomic mass is 9.70. The maximum absolute atomic E-state index is 2.51. The largest absolute Gasteiger partial charge is 0.310 e. The van der Waals surface area contributed by atoms with Crippen molar-refractivity contribution in [3.05, 3.63) is 293 Å². The van der Waals surface area contributed by atoms with E-state index in [1.807, 2.05) is 0 Å². The van der Waals surface area contributed by atoms with Gasteiger partial charge in [0.1, 0.15) is 0 Å². The van der Waals surface area contributed by atoms with E-state index in [2.05, 4.69) is 254 Å². The van der Waals surface area contributed by atoms with Crippen LogP contribution in [-0.4, -0.2) is 0 Å². The molecule has 318 valence electrons. The Balaban J connectivity index is 0.883. The first kappa shape index (κ1) is 37.3. The third kappa shape index (κ3) is 4.56. The van der Waals surface area contributed by atoms with Gasteiger partial charge < -0.3 is 4.90 Å². The number of para-hydroxylation sites is 1. The lowest BCUT2D eigenvalue weighted by molar-refractivity contribution is 0.793. The fourth-order valence-corrected chi connectivity index (χ4v) is 13.9. The van der Waals surface area contributed by atoms with Gasteiger partial charge in [0.15, 0.2) is 0 Å². The van der Waals surface area contributed by atoms with Crippen LogP contribution in [0, 0.1) is 0 Å². The zero-order chi connectivity index (χ0) is 45.0. The van der Waals surface area contributed by atoms with Crippen LogP contribution in [0.25, 0.3) is 77.9 Å². The van der Waals surface area contributed by atoms with Crippen LogP contribution >= 0.6 is 0 Å². The second-order valence-electron chi connectivity index (χ2n) is 19.4. The Bertz CT molecular complexity index is 3920. The molecule has 1 atom stereocenters. The van der Waals surface area contributed by atoms with E-state index >= 15 is 0 Å². The molecule has 1 heteroatoms. The summed E-state index contributed by atoms with van der Waals surface area (Å²) in [6.45, 7) is 0. The first-order valence-electron chi connectivity index (χ1n) is 24.3. The maximum Gasteiger partial charge on any atom is 0.0737 e. The van der Waals surface area contributed by atoms with Gasteiger partial charge in [-0.2, -0.15) is 0 Å². The molecule has 0 fully saturated rings. The fourth-order valence-electron chi connectivity index (χ4n) is 13.9. The van der Waals surface area contributed by atoms with Gasteiger partial charge in [-0.1, -0.05) is 212 Å². The van der Waals surface area contributed by atoms with Crippen LogP contribution in [0.2, 0.25) is 0 Å². The van der Waals surface area contributed by atoms with Gasteiger partial charge in [-0.3, -0.25) is 0 Å². The molecule has 0 N–H and O–H groups in total. The molecule has 0 aromatic heterocycles. The molecule has 69 heavy (non-hydrogen) atoms. The number of hydrogen-bond donors (Lipinski definition) is 0. The molecule has 5 aliphatic carbocycles. The molecular formula is C68H41N. The molecule has 2 spiro atoms. The third-order valence-corrected chi connectivity index (χ3v) is 16.4. The van der Waals surface area contributed by atoms with Gasteiger partial charge in [-0.25, -0.2) is 0 Å². The van der Waals surface area contributed by atoms with Crippen molar-refractivity contribution in [3.63, 3.8) is 0 Å². The van der Waals surface area contributed by atoms with Crippen molar-refractivity contribution < 1.29 is 0 Å². The van der Waals surface area contributed by atoms with Gasteiger partial charge in [0, 0.05) is 16.9 Å². The Kier molecular flexibility index (Phi) is 7.27. The summed E-state index contributed by atoms with van der Waals surface area (Å²) < 4.78 is 0. The van der Waals surface area contributed by atoms with Gasteiger partial charge >= 0.3 is 0 Å². The smallest absolute Gasteiger partial charge is 0.0737 e. The number of anilines is 3. The molecule has 1 nitrogen and oxygen atoms in total. The summed E-state index contributed by atoms with van der Waals surface area (Å²) >= 11 is 0. The molecule has 0 bridgehead atoms. The average molecular weight is 872 g/mol. The molecule has 0 saturated heterocycles. The highest BCUT2D eigenvalue weighted by molar-refractivity contribution is 6.07. The topological polar surface area (TPSA) is 3.24 Å². The molecule has 1 unspecified atom stereocenters. The molecule has 11 aromatic rings. The number of hydrogen-bond acceptors (Lipinski definition) is 1. The van der Waals surface area contributed by atoms with E-state index in [0.717, 1.165) is 17.1 Å². The summed E-state index contributed by atoms with van der Waals surface area (Å²) in [5.74, 6) is 0. The molecule has 11 aromatic carbocycles. The number of fused-ring (bicyclic) bond motifs is 15. The van der Waals surface area contributed by atoms with Gasteiger partial charge in [0.05, 0.1) is 16.5 Å². The van der Waals surface area contributed by atoms with E-state index in [1.165, 1.54) is 122 Å². The zero-order valence-electron chi connectivity index (χ0n) is 37.6. The first-order valence-corrected chi connectivity index (χ1v) is 24.3. The Morgan fingerprint density at radius 2 is 0.609 bits per heavy atom. The van der Waals surface area contributed by atoms with E-state index in [9.17, 15) is 0 Å². The summed E-state index contributed by atoms with van der Waals surface area (Å²) in [7, 11) is 0. The Morgan fingerprint density at radius 1 is 0.217 bits per heavy atom. The highest BCUT2D eigenvalue weighted by Gasteiger charge is 2.57. The second-order valence-corrected chi connectivity index (χ2v) is 19.4. The molecule has 0 aliphatic heterocycles. The van der Waals surface area contributed by atoms with Crippen molar-refractivity contribution in [3.8, 4) is 77.9 Å². The third-order valence-electron chi connectivity index (χ3n) is 16.4. The summed E-state index contributed by atoms with van der Waals surface area (Å²) in [6, 6.07) is 93.8. The van der Waals surface area contributed by atoms with Crippen LogP contribution in [0.1, 0.15) is 44.5 Å². The molecule has 5 aliphatic rings.